The fourth-order valence-electron chi connectivity index (χ4n) is 5.84. The molecule has 0 N–H and O–H groups in total. The first kappa shape index (κ1) is 29.3. The van der Waals surface area contributed by atoms with Crippen LogP contribution in [0.15, 0.2) is 94.2 Å². The molecule has 3 heterocycles. The maximum atomic E-state index is 14.3. The Labute approximate surface area is 258 Å². The molecule has 0 amide bonds. The van der Waals surface area contributed by atoms with Crippen LogP contribution in [0.3, 0.4) is 0 Å². The summed E-state index contributed by atoms with van der Waals surface area (Å²) in [7, 11) is 0. The molecule has 9 nitrogen and oxygen atoms in total. The summed E-state index contributed by atoms with van der Waals surface area (Å²) in [5.74, 6) is 0.0698. The fourth-order valence-corrected chi connectivity index (χ4v) is 6.83. The lowest BCUT2D eigenvalue weighted by Crippen LogP contribution is -2.40. The summed E-state index contributed by atoms with van der Waals surface area (Å²) in [5.41, 5.74) is 3.27. The van der Waals surface area contributed by atoms with Crippen LogP contribution in [0.2, 0.25) is 0 Å². The van der Waals surface area contributed by atoms with E-state index in [-0.39, 0.29) is 23.4 Å². The van der Waals surface area contributed by atoms with Gasteiger partial charge in [-0.1, -0.05) is 78.9 Å². The van der Waals surface area contributed by atoms with E-state index in [9.17, 15) is 19.7 Å². The van der Waals surface area contributed by atoms with Crippen LogP contribution in [0.4, 0.5) is 11.4 Å². The van der Waals surface area contributed by atoms with Crippen LogP contribution in [0.25, 0.3) is 11.8 Å². The molecule has 0 bridgehead atoms. The van der Waals surface area contributed by atoms with Gasteiger partial charge in [0.05, 0.1) is 33.4 Å². The van der Waals surface area contributed by atoms with Crippen LogP contribution in [0.5, 0.6) is 0 Å². The van der Waals surface area contributed by atoms with Crippen molar-refractivity contribution >= 4 is 40.5 Å². The van der Waals surface area contributed by atoms with E-state index in [0.29, 0.717) is 26.5 Å². The quantitative estimate of drug-likeness (QED) is 0.165. The highest BCUT2D eigenvalue weighted by Gasteiger charge is 2.35. The number of rotatable bonds is 7. The number of hydrogen-bond acceptors (Lipinski definition) is 8. The molecule has 0 spiro atoms. The molecule has 0 radical (unpaired) electrons. The topological polar surface area (TPSA) is 107 Å². The van der Waals surface area contributed by atoms with E-state index >= 15 is 0 Å². The van der Waals surface area contributed by atoms with E-state index in [1.807, 2.05) is 60.7 Å². The highest BCUT2D eigenvalue weighted by Crippen LogP contribution is 2.35. The lowest BCUT2D eigenvalue weighted by molar-refractivity contribution is -0.384. The Balaban J connectivity index is 1.60. The maximum absolute atomic E-state index is 14.3. The van der Waals surface area contributed by atoms with Crippen molar-refractivity contribution in [3.05, 3.63) is 131 Å². The molecule has 44 heavy (non-hydrogen) atoms. The molecule has 0 aliphatic carbocycles. The molecular weight excluding hydrogens is 576 g/mol. The predicted molar refractivity (Wildman–Crippen MR) is 171 cm³/mol. The van der Waals surface area contributed by atoms with Gasteiger partial charge in [0, 0.05) is 42.0 Å². The van der Waals surface area contributed by atoms with Gasteiger partial charge >= 0.3 is 5.97 Å². The van der Waals surface area contributed by atoms with Crippen molar-refractivity contribution in [2.24, 2.45) is 10.9 Å². The monoisotopic (exact) mass is 608 g/mol. The van der Waals surface area contributed by atoms with Crippen LogP contribution in [-0.2, 0) is 9.53 Å². The summed E-state index contributed by atoms with van der Waals surface area (Å²) < 4.78 is 7.44. The van der Waals surface area contributed by atoms with E-state index in [1.54, 1.807) is 23.6 Å². The van der Waals surface area contributed by atoms with Crippen molar-refractivity contribution in [1.29, 1.82) is 0 Å². The summed E-state index contributed by atoms with van der Waals surface area (Å²) in [6.07, 6.45) is 3.77. The molecule has 1 aromatic heterocycles. The molecule has 1 saturated heterocycles. The van der Waals surface area contributed by atoms with Gasteiger partial charge in [0.25, 0.3) is 11.2 Å². The van der Waals surface area contributed by atoms with E-state index in [4.69, 9.17) is 9.73 Å². The van der Waals surface area contributed by atoms with Crippen molar-refractivity contribution in [1.82, 2.24) is 4.57 Å². The van der Waals surface area contributed by atoms with Crippen molar-refractivity contribution in [2.75, 3.05) is 24.6 Å². The minimum Gasteiger partial charge on any atom is -0.463 e. The minimum atomic E-state index is -0.781. The number of nitrogens with zero attached hydrogens (tertiary/aromatic N) is 4. The SMILES string of the molecule is CCOC(=O)C1=C(c2ccccc2)N=c2s/c(=C/c3cc([N+](=O)[O-])ccc3N3CCC(C)CC3)c(=O)n2[C@@H]1c1ccccc1. The zero-order chi connectivity index (χ0) is 30.8. The van der Waals surface area contributed by atoms with E-state index < -0.39 is 16.9 Å². The Kier molecular flexibility index (Phi) is 8.25. The molecule has 4 aromatic rings. The standard InChI is InChI=1S/C34H32N4O5S/c1-3-43-33(40)29-30(23-10-6-4-7-11-23)35-34-37(31(29)24-12-8-5-9-13-24)32(39)28(44-34)21-25-20-26(38(41)42)14-15-27(25)36-18-16-22(2)17-19-36/h4-15,20-22,31H,3,16-19H2,1-2H3/b28-21+/t31-/m1/s1. The van der Waals surface area contributed by atoms with Crippen LogP contribution < -0.4 is 19.8 Å². The average molecular weight is 609 g/mol. The summed E-state index contributed by atoms with van der Waals surface area (Å²) in [4.78, 5) is 46.7. The van der Waals surface area contributed by atoms with E-state index in [0.717, 1.165) is 42.7 Å². The van der Waals surface area contributed by atoms with Gasteiger partial charge in [0.1, 0.15) is 0 Å². The minimum absolute atomic E-state index is 0.0451. The summed E-state index contributed by atoms with van der Waals surface area (Å²) in [5, 5.41) is 11.7. The lowest BCUT2D eigenvalue weighted by atomic mass is 9.93. The van der Waals surface area contributed by atoms with E-state index in [2.05, 4.69) is 11.8 Å². The smallest absolute Gasteiger partial charge is 0.338 e. The zero-order valence-corrected chi connectivity index (χ0v) is 25.3. The summed E-state index contributed by atoms with van der Waals surface area (Å²) in [6.45, 7) is 5.80. The lowest BCUT2D eigenvalue weighted by Gasteiger charge is -2.33. The van der Waals surface area contributed by atoms with Gasteiger partial charge < -0.3 is 9.64 Å². The first-order valence-corrected chi connectivity index (χ1v) is 15.5. The van der Waals surface area contributed by atoms with Crippen molar-refractivity contribution in [3.8, 4) is 0 Å². The number of thiazole rings is 1. The summed E-state index contributed by atoms with van der Waals surface area (Å²) >= 11 is 1.20. The van der Waals surface area contributed by atoms with Gasteiger partial charge in [-0.3, -0.25) is 19.5 Å². The zero-order valence-electron chi connectivity index (χ0n) is 24.5. The molecule has 1 atom stereocenters. The average Bonchev–Trinajstić information content (AvgIpc) is 3.35. The molecular formula is C34H32N4O5S. The number of non-ortho nitro benzene ring substituents is 1. The van der Waals surface area contributed by atoms with E-state index in [1.165, 1.54) is 23.5 Å². The van der Waals surface area contributed by atoms with Crippen molar-refractivity contribution in [2.45, 2.75) is 32.7 Å². The normalized spacial score (nSPS) is 17.3. The van der Waals surface area contributed by atoms with Gasteiger partial charge in [-0.25, -0.2) is 9.79 Å². The molecule has 2 aliphatic heterocycles. The number of nitro benzene ring substituents is 1. The molecule has 0 unspecified atom stereocenters. The maximum Gasteiger partial charge on any atom is 0.338 e. The first-order chi connectivity index (χ1) is 21.4. The van der Waals surface area contributed by atoms with Gasteiger partial charge in [0.2, 0.25) is 0 Å². The number of carbonyl (C=O) groups is 1. The van der Waals surface area contributed by atoms with Crippen LogP contribution in [-0.4, -0.2) is 35.2 Å². The van der Waals surface area contributed by atoms with Gasteiger partial charge in [-0.15, -0.1) is 0 Å². The molecule has 6 rings (SSSR count). The largest absolute Gasteiger partial charge is 0.463 e. The summed E-state index contributed by atoms with van der Waals surface area (Å²) in [6, 6.07) is 22.8. The van der Waals surface area contributed by atoms with Gasteiger partial charge in [-0.05, 0) is 43.4 Å². The Morgan fingerprint density at radius 2 is 1.75 bits per heavy atom. The molecule has 2 aliphatic rings. The number of piperidine rings is 1. The molecule has 224 valence electrons. The molecule has 10 heteroatoms. The molecule has 3 aromatic carbocycles. The Hall–Kier alpha value is -4.83. The van der Waals surface area contributed by atoms with Crippen LogP contribution >= 0.6 is 11.3 Å². The number of benzene rings is 3. The Bertz CT molecular complexity index is 1920. The number of carbonyl (C=O) groups excluding carboxylic acids is 1. The third-order valence-corrected chi connectivity index (χ3v) is 9.10. The number of nitro groups is 1. The second kappa shape index (κ2) is 12.4. The predicted octanol–water partition coefficient (Wildman–Crippen LogP) is 5.08. The second-order valence-corrected chi connectivity index (χ2v) is 12.0. The Morgan fingerprint density at radius 1 is 1.07 bits per heavy atom. The number of ether oxygens (including phenoxy) is 1. The molecule has 1 fully saturated rings. The third kappa shape index (κ3) is 5.60. The highest BCUT2D eigenvalue weighted by molar-refractivity contribution is 7.07. The highest BCUT2D eigenvalue weighted by atomic mass is 32.1. The van der Waals surface area contributed by atoms with Gasteiger partial charge in [0.15, 0.2) is 4.80 Å². The Morgan fingerprint density at radius 3 is 2.41 bits per heavy atom. The number of fused-ring (bicyclic) bond motifs is 1. The molecule has 0 saturated carbocycles. The number of aromatic nitrogens is 1. The number of esters is 1. The second-order valence-electron chi connectivity index (χ2n) is 11.0. The fraction of sp³-hybridized carbons (Fsp3) is 0.265. The van der Waals surface area contributed by atoms with Crippen LogP contribution in [0, 0.1) is 16.0 Å². The first-order valence-electron chi connectivity index (χ1n) is 14.7. The van der Waals surface area contributed by atoms with Gasteiger partial charge in [-0.2, -0.15) is 0 Å². The third-order valence-electron chi connectivity index (χ3n) is 8.12. The number of hydrogen-bond donors (Lipinski definition) is 0. The number of anilines is 1. The van der Waals surface area contributed by atoms with Crippen molar-refractivity contribution in [3.63, 3.8) is 0 Å². The van der Waals surface area contributed by atoms with Crippen LogP contribution in [0.1, 0.15) is 49.4 Å². The van der Waals surface area contributed by atoms with Crippen molar-refractivity contribution < 1.29 is 14.5 Å².